The lowest BCUT2D eigenvalue weighted by Gasteiger charge is -2.23. The number of hydrogen-bond donors (Lipinski definition) is 1. The van der Waals surface area contributed by atoms with Crippen LogP contribution in [-0.4, -0.2) is 6.33 Å². The van der Waals surface area contributed by atoms with Gasteiger partial charge in [-0.25, -0.2) is 0 Å². The van der Waals surface area contributed by atoms with E-state index in [-0.39, 0.29) is 16.0 Å². The van der Waals surface area contributed by atoms with Crippen LogP contribution in [0.4, 0.5) is 0 Å². The van der Waals surface area contributed by atoms with Gasteiger partial charge in [0.2, 0.25) is 8.93 Å². The van der Waals surface area contributed by atoms with Crippen LogP contribution < -0.4 is 29.5 Å². The van der Waals surface area contributed by atoms with Gasteiger partial charge in [0.05, 0.1) is 8.65 Å². The quantitative estimate of drug-likeness (QED) is 0.161. The Labute approximate surface area is 368 Å². The Morgan fingerprint density at radius 2 is 0.982 bits per heavy atom. The minimum absolute atomic E-state index is 0.221. The topological polar surface area (TPSA) is 65.0 Å². The second kappa shape index (κ2) is 30.2. The third kappa shape index (κ3) is 19.2. The lowest BCUT2D eigenvalue weighted by Crippen LogP contribution is -2.10. The standard InChI is InChI=1S/C12H10ClO2P.C12H8ClOP.C12H10ClP.C6H6.ClH2OP.ClOP/c13-16(14-11-7-3-1-4-8-11)15-12-9-5-2-6-10-12;13-15-12-8-4-2-6-10(12)9-5-1-3-7-11(9)14-15;13-14(11-7-3-1-4-8-11)12-9-5-2-6-10-12;1-2-4-6-5-3-1;2*1-3-2/h1-10H;1-8H;1-10H;1-6H;2-3H;/i;;;1D;2D;. The molecular formula is C42H36Cl5O5P5. The van der Waals surface area contributed by atoms with Crippen LogP contribution in [0.5, 0.6) is 17.2 Å². The van der Waals surface area contributed by atoms with Crippen LogP contribution in [0.1, 0.15) is 1.37 Å². The first-order valence-corrected chi connectivity index (χ1v) is 26.7. The van der Waals surface area contributed by atoms with Crippen LogP contribution in [-0.2, 0) is 4.57 Å². The van der Waals surface area contributed by atoms with E-state index in [0.29, 0.717) is 17.5 Å². The number of hydrogen-bond acceptors (Lipinski definition) is 5. The zero-order chi connectivity index (χ0) is 42.5. The summed E-state index contributed by atoms with van der Waals surface area (Å²) in [6, 6.07) is 65.0. The van der Waals surface area contributed by atoms with Gasteiger partial charge in [-0.05, 0) is 86.3 Å². The molecule has 0 bridgehead atoms. The van der Waals surface area contributed by atoms with Crippen LogP contribution in [0.25, 0.3) is 11.1 Å². The molecule has 57 heavy (non-hydrogen) atoms. The van der Waals surface area contributed by atoms with Crippen molar-refractivity contribution in [1.29, 1.82) is 1.43 Å². The Bertz CT molecular complexity index is 2070. The zero-order valence-corrected chi connectivity index (χ0v) is 38.1. The Kier molecular flexibility index (Phi) is 24.0. The van der Waals surface area contributed by atoms with E-state index < -0.39 is 22.5 Å². The van der Waals surface area contributed by atoms with Gasteiger partial charge in [0.1, 0.15) is 25.4 Å². The predicted octanol–water partition coefficient (Wildman–Crippen LogP) is 15.6. The monoisotopic (exact) mass is 952 g/mol. The molecule has 2 atom stereocenters. The second-order valence-electron chi connectivity index (χ2n) is 10.5. The molecule has 0 saturated heterocycles. The maximum absolute atomic E-state index is 8.67. The molecule has 15 heteroatoms. The lowest BCUT2D eigenvalue weighted by atomic mass is 10.0. The first-order chi connectivity index (χ1) is 28.8. The van der Waals surface area contributed by atoms with Crippen molar-refractivity contribution in [2.75, 3.05) is 0 Å². The Morgan fingerprint density at radius 3 is 1.42 bits per heavy atom. The summed E-state index contributed by atoms with van der Waals surface area (Å²) in [5.74, 6) is 2.30. The molecule has 2 unspecified atom stereocenters. The molecule has 1 aliphatic heterocycles. The Hall–Kier alpha value is -2.83. The van der Waals surface area contributed by atoms with Crippen molar-refractivity contribution in [1.82, 2.24) is 0 Å². The summed E-state index contributed by atoms with van der Waals surface area (Å²) in [7, 11) is -3.76. The molecule has 294 valence electrons. The normalized spacial score (nSPS) is 12.2. The van der Waals surface area contributed by atoms with Crippen molar-refractivity contribution >= 4 is 111 Å². The zero-order valence-electron chi connectivity index (χ0n) is 31.8. The first kappa shape index (κ1) is 45.3. The van der Waals surface area contributed by atoms with Gasteiger partial charge in [0.15, 0.2) is 0 Å². The number of rotatable bonds is 7. The third-order valence-corrected chi connectivity index (χ3v) is 12.5. The van der Waals surface area contributed by atoms with Crippen molar-refractivity contribution in [2.24, 2.45) is 0 Å². The summed E-state index contributed by atoms with van der Waals surface area (Å²) in [4.78, 5) is 3.58. The molecule has 5 nitrogen and oxygen atoms in total. The molecule has 7 aromatic rings. The van der Waals surface area contributed by atoms with Crippen molar-refractivity contribution in [3.05, 3.63) is 206 Å². The number of fused-ring (bicyclic) bond motifs is 3. The largest absolute Gasteiger partial charge is 0.453 e. The van der Waals surface area contributed by atoms with Crippen LogP contribution in [0.2, 0.25) is 0 Å². The van der Waals surface area contributed by atoms with E-state index >= 15 is 0 Å². The molecule has 0 amide bonds. The number of para-hydroxylation sites is 3. The fourth-order valence-corrected chi connectivity index (χ4v) is 9.13. The highest BCUT2D eigenvalue weighted by Gasteiger charge is 2.24. The summed E-state index contributed by atoms with van der Waals surface area (Å²) in [5.41, 5.74) is 2.33. The van der Waals surface area contributed by atoms with Gasteiger partial charge in [0, 0.05) is 10.9 Å². The van der Waals surface area contributed by atoms with Crippen LogP contribution >= 0.6 is 94.7 Å². The number of halogens is 5. The fraction of sp³-hybridized carbons (Fsp3) is 0. The van der Waals surface area contributed by atoms with E-state index in [1.54, 1.807) is 12.1 Å². The molecule has 7 aromatic carbocycles. The van der Waals surface area contributed by atoms with Crippen LogP contribution in [0, 0.1) is 0 Å². The van der Waals surface area contributed by atoms with Crippen LogP contribution in [0.3, 0.4) is 0 Å². The molecule has 8 rings (SSSR count). The Morgan fingerprint density at radius 1 is 0.614 bits per heavy atom. The van der Waals surface area contributed by atoms with Gasteiger partial charge >= 0.3 is 7.73 Å². The molecule has 0 fully saturated rings. The predicted molar refractivity (Wildman–Crippen MR) is 253 cm³/mol. The maximum atomic E-state index is 8.67. The van der Waals surface area contributed by atoms with Gasteiger partial charge in [-0.1, -0.05) is 192 Å². The van der Waals surface area contributed by atoms with Crippen LogP contribution in [0.15, 0.2) is 206 Å². The highest BCUT2D eigenvalue weighted by atomic mass is 35.7. The minimum atomic E-state index is -1.46. The first-order valence-electron chi connectivity index (χ1n) is 17.4. The van der Waals surface area contributed by atoms with Gasteiger partial charge in [-0.15, -0.1) is 0 Å². The summed E-state index contributed by atoms with van der Waals surface area (Å²) in [5, 5.41) is 3.51. The Balaban J connectivity index is 0.000000204. The summed E-state index contributed by atoms with van der Waals surface area (Å²) in [6.45, 7) is 0. The van der Waals surface area contributed by atoms with Gasteiger partial charge in [-0.3, -0.25) is 4.57 Å². The van der Waals surface area contributed by atoms with E-state index in [1.807, 2.05) is 152 Å². The molecule has 0 radical (unpaired) electrons. The summed E-state index contributed by atoms with van der Waals surface area (Å²) >= 11 is 27.8. The van der Waals surface area contributed by atoms with Gasteiger partial charge in [0.25, 0.3) is 7.81 Å². The van der Waals surface area contributed by atoms with Gasteiger partial charge < -0.3 is 18.5 Å². The van der Waals surface area contributed by atoms with E-state index in [9.17, 15) is 0 Å². The molecule has 1 N–H and O–H groups in total. The summed E-state index contributed by atoms with van der Waals surface area (Å²) < 4.78 is 38.0. The minimum Gasteiger partial charge on any atom is -0.453 e. The van der Waals surface area contributed by atoms with E-state index in [0.717, 1.165) is 16.6 Å². The van der Waals surface area contributed by atoms with Gasteiger partial charge in [-0.2, -0.15) is 0 Å². The molecule has 0 aromatic heterocycles. The van der Waals surface area contributed by atoms with Crippen molar-refractivity contribution in [3.63, 3.8) is 0 Å². The molecule has 0 spiro atoms. The molecule has 0 saturated carbocycles. The van der Waals surface area contributed by atoms with E-state index in [1.165, 1.54) is 16.2 Å². The highest BCUT2D eigenvalue weighted by Crippen LogP contribution is 2.51. The van der Waals surface area contributed by atoms with Crippen molar-refractivity contribution in [2.45, 2.75) is 0 Å². The SMILES string of the molecule is ClP(Oc1ccccc1)Oc1ccccc1.ClP(c1ccccc1)c1ccccc1.ClP1Oc2ccccc2-c2ccccc21.O=PCl.[2H]OPCl.[2H]c1ccccc1. The van der Waals surface area contributed by atoms with Crippen molar-refractivity contribution in [3.8, 4) is 28.4 Å². The second-order valence-corrected chi connectivity index (χ2v) is 18.0. The van der Waals surface area contributed by atoms with E-state index in [2.05, 4.69) is 52.5 Å². The average molecular weight is 955 g/mol. The third-order valence-electron chi connectivity index (χ3n) is 6.86. The molecular weight excluding hydrogens is 917 g/mol. The fourth-order valence-electron chi connectivity index (χ4n) is 4.51. The van der Waals surface area contributed by atoms with E-state index in [4.69, 9.17) is 65.9 Å². The highest BCUT2D eigenvalue weighted by molar-refractivity contribution is 7.95. The molecule has 0 aliphatic carbocycles. The average Bonchev–Trinajstić information content (AvgIpc) is 3.29. The smallest absolute Gasteiger partial charge is 0.401 e. The maximum Gasteiger partial charge on any atom is 0.401 e. The molecule has 1 heterocycles. The summed E-state index contributed by atoms with van der Waals surface area (Å²) in [6.07, 6.45) is 0. The number of benzene rings is 7. The lowest BCUT2D eigenvalue weighted by molar-refractivity contribution is 0.508. The molecule has 1 aliphatic rings. The van der Waals surface area contributed by atoms with Crippen molar-refractivity contribution < 1.29 is 24.4 Å².